The molecule has 0 saturated heterocycles. The standard InChI is InChI=1S/C18H11ClN4O/c19-13-4-1-2-5-14(8-7-13)21-18-17(15-6-3-11-24-15)22-16-12-20-9-10-23(16)18/h1,3-7,9-12,21H/b13-4+. The second-order valence-corrected chi connectivity index (χ2v) is 5.38. The summed E-state index contributed by atoms with van der Waals surface area (Å²) in [6, 6.07) is 3.68. The number of hydrogen-bond acceptors (Lipinski definition) is 4. The van der Waals surface area contributed by atoms with Gasteiger partial charge < -0.3 is 9.73 Å². The zero-order valence-corrected chi connectivity index (χ0v) is 13.2. The van der Waals surface area contributed by atoms with Crippen molar-refractivity contribution < 1.29 is 4.42 Å². The van der Waals surface area contributed by atoms with Crippen LogP contribution < -0.4 is 5.32 Å². The van der Waals surface area contributed by atoms with E-state index in [1.165, 1.54) is 0 Å². The maximum Gasteiger partial charge on any atom is 0.157 e. The van der Waals surface area contributed by atoms with E-state index in [-0.39, 0.29) is 0 Å². The number of nitrogens with zero attached hydrogens (tertiary/aromatic N) is 3. The van der Waals surface area contributed by atoms with E-state index in [0.717, 1.165) is 5.82 Å². The summed E-state index contributed by atoms with van der Waals surface area (Å²) in [5.74, 6) is 1.41. The molecule has 24 heavy (non-hydrogen) atoms. The smallest absolute Gasteiger partial charge is 0.157 e. The summed E-state index contributed by atoms with van der Waals surface area (Å²) in [6.45, 7) is 0. The highest BCUT2D eigenvalue weighted by Gasteiger charge is 2.16. The molecule has 6 heteroatoms. The van der Waals surface area contributed by atoms with Gasteiger partial charge in [0.25, 0.3) is 0 Å². The average Bonchev–Trinajstić information content (AvgIpc) is 3.22. The molecule has 0 radical (unpaired) electrons. The van der Waals surface area contributed by atoms with Crippen molar-refractivity contribution in [3.8, 4) is 11.5 Å². The van der Waals surface area contributed by atoms with Crippen molar-refractivity contribution >= 4 is 23.1 Å². The Balaban J connectivity index is 1.87. The molecule has 0 atom stereocenters. The quantitative estimate of drug-likeness (QED) is 0.726. The predicted molar refractivity (Wildman–Crippen MR) is 92.5 cm³/mol. The number of halogens is 1. The average molecular weight is 335 g/mol. The van der Waals surface area contributed by atoms with Gasteiger partial charge in [0, 0.05) is 29.6 Å². The fourth-order valence-corrected chi connectivity index (χ4v) is 2.42. The van der Waals surface area contributed by atoms with E-state index in [2.05, 4.69) is 26.7 Å². The van der Waals surface area contributed by atoms with Gasteiger partial charge in [-0.25, -0.2) is 4.98 Å². The van der Waals surface area contributed by atoms with E-state index < -0.39 is 0 Å². The van der Waals surface area contributed by atoms with Crippen LogP contribution in [0.25, 0.3) is 17.1 Å². The van der Waals surface area contributed by atoms with Crippen LogP contribution in [-0.2, 0) is 0 Å². The summed E-state index contributed by atoms with van der Waals surface area (Å²) < 4.78 is 7.40. The third-order valence-corrected chi connectivity index (χ3v) is 3.60. The molecule has 0 bridgehead atoms. The first-order valence-corrected chi connectivity index (χ1v) is 7.57. The predicted octanol–water partition coefficient (Wildman–Crippen LogP) is 4.29. The van der Waals surface area contributed by atoms with Gasteiger partial charge in [0.2, 0.25) is 0 Å². The van der Waals surface area contributed by atoms with Crippen molar-refractivity contribution in [1.29, 1.82) is 0 Å². The number of imidazole rings is 1. The highest BCUT2D eigenvalue weighted by molar-refractivity contribution is 6.31. The van der Waals surface area contributed by atoms with Gasteiger partial charge in [-0.2, -0.15) is 0 Å². The van der Waals surface area contributed by atoms with Crippen LogP contribution in [0.5, 0.6) is 0 Å². The Kier molecular flexibility index (Phi) is 3.66. The van der Waals surface area contributed by atoms with Crippen molar-refractivity contribution in [3.63, 3.8) is 0 Å². The fraction of sp³-hybridized carbons (Fsp3) is 0. The maximum absolute atomic E-state index is 6.02. The molecule has 3 aromatic heterocycles. The van der Waals surface area contributed by atoms with Crippen molar-refractivity contribution in [2.45, 2.75) is 0 Å². The molecule has 3 heterocycles. The third-order valence-electron chi connectivity index (χ3n) is 3.37. The topological polar surface area (TPSA) is 55.4 Å². The third kappa shape index (κ3) is 2.71. The molecule has 0 unspecified atom stereocenters. The van der Waals surface area contributed by atoms with E-state index in [0.29, 0.717) is 27.8 Å². The van der Waals surface area contributed by atoms with Crippen LogP contribution in [0.1, 0.15) is 0 Å². The molecule has 1 N–H and O–H groups in total. The largest absolute Gasteiger partial charge is 0.463 e. The van der Waals surface area contributed by atoms with E-state index >= 15 is 0 Å². The molecule has 1 aliphatic carbocycles. The molecule has 5 nitrogen and oxygen atoms in total. The highest BCUT2D eigenvalue weighted by Crippen LogP contribution is 2.29. The van der Waals surface area contributed by atoms with Gasteiger partial charge in [-0.3, -0.25) is 9.38 Å². The molecule has 0 saturated carbocycles. The molecule has 116 valence electrons. The molecule has 4 rings (SSSR count). The molecule has 0 aliphatic heterocycles. The first-order chi connectivity index (χ1) is 11.8. The van der Waals surface area contributed by atoms with Crippen LogP contribution in [0.4, 0.5) is 5.82 Å². The Morgan fingerprint density at radius 3 is 3.12 bits per heavy atom. The first-order valence-electron chi connectivity index (χ1n) is 7.19. The zero-order chi connectivity index (χ0) is 16.4. The van der Waals surface area contributed by atoms with Crippen LogP contribution >= 0.6 is 11.6 Å². The number of fused-ring (bicyclic) bond motifs is 1. The SMILES string of the molecule is Cl/C1=C/C=C=CC(Nc2c(-c3ccco3)nc3cnccn23)=C=C1. The van der Waals surface area contributed by atoms with Gasteiger partial charge in [0.15, 0.2) is 11.4 Å². The normalized spacial score (nSPS) is 15.7. The Labute approximate surface area is 142 Å². The lowest BCUT2D eigenvalue weighted by Crippen LogP contribution is -2.01. The summed E-state index contributed by atoms with van der Waals surface area (Å²) in [7, 11) is 0. The molecule has 0 fully saturated rings. The lowest BCUT2D eigenvalue weighted by atomic mass is 10.3. The van der Waals surface area contributed by atoms with Crippen LogP contribution in [0, 0.1) is 0 Å². The van der Waals surface area contributed by atoms with Gasteiger partial charge in [0.05, 0.1) is 18.2 Å². The Hall–Kier alpha value is -3.23. The van der Waals surface area contributed by atoms with Crippen molar-refractivity contribution in [2.75, 3.05) is 5.32 Å². The van der Waals surface area contributed by atoms with Crippen molar-refractivity contribution in [3.05, 3.63) is 83.5 Å². The van der Waals surface area contributed by atoms with E-state index in [4.69, 9.17) is 16.0 Å². The minimum Gasteiger partial charge on any atom is -0.463 e. The van der Waals surface area contributed by atoms with Crippen molar-refractivity contribution in [2.24, 2.45) is 0 Å². The van der Waals surface area contributed by atoms with Gasteiger partial charge in [-0.1, -0.05) is 17.3 Å². The lowest BCUT2D eigenvalue weighted by molar-refractivity contribution is 0.581. The number of hydrogen-bond donors (Lipinski definition) is 1. The van der Waals surface area contributed by atoms with E-state index in [1.54, 1.807) is 43.0 Å². The second-order valence-electron chi connectivity index (χ2n) is 4.95. The number of rotatable bonds is 3. The lowest BCUT2D eigenvalue weighted by Gasteiger charge is -2.06. The van der Waals surface area contributed by atoms with Gasteiger partial charge in [-0.05, 0) is 24.3 Å². The van der Waals surface area contributed by atoms with Gasteiger partial charge in [0.1, 0.15) is 11.5 Å². The monoisotopic (exact) mass is 334 g/mol. The summed E-state index contributed by atoms with van der Waals surface area (Å²) in [6.07, 6.45) is 13.8. The molecular formula is C18H11ClN4O. The van der Waals surface area contributed by atoms with E-state index in [9.17, 15) is 0 Å². The first kappa shape index (κ1) is 14.4. The molecule has 1 aliphatic rings. The highest BCUT2D eigenvalue weighted by atomic mass is 35.5. The molecule has 0 spiro atoms. The number of anilines is 1. The fourth-order valence-electron chi connectivity index (χ4n) is 2.31. The Morgan fingerprint density at radius 1 is 1.29 bits per heavy atom. The van der Waals surface area contributed by atoms with Crippen LogP contribution in [0.15, 0.2) is 87.9 Å². The molecule has 0 amide bonds. The Bertz CT molecular complexity index is 1060. The van der Waals surface area contributed by atoms with E-state index in [1.807, 2.05) is 22.7 Å². The van der Waals surface area contributed by atoms with Gasteiger partial charge in [-0.15, -0.1) is 5.73 Å². The number of furan rings is 1. The Morgan fingerprint density at radius 2 is 2.25 bits per heavy atom. The van der Waals surface area contributed by atoms with Crippen LogP contribution in [0.2, 0.25) is 0 Å². The van der Waals surface area contributed by atoms with Crippen LogP contribution in [-0.4, -0.2) is 14.4 Å². The minimum absolute atomic E-state index is 0.573. The molecule has 3 aromatic rings. The second kappa shape index (κ2) is 6.11. The number of allylic oxidation sites excluding steroid dienone is 3. The van der Waals surface area contributed by atoms with Crippen molar-refractivity contribution in [1.82, 2.24) is 14.4 Å². The number of aromatic nitrogens is 3. The number of nitrogens with one attached hydrogen (secondary N) is 1. The molecule has 0 aromatic carbocycles. The zero-order valence-electron chi connectivity index (χ0n) is 12.4. The minimum atomic E-state index is 0.573. The summed E-state index contributed by atoms with van der Waals surface area (Å²) in [5.41, 5.74) is 8.22. The summed E-state index contributed by atoms with van der Waals surface area (Å²) in [4.78, 5) is 8.70. The van der Waals surface area contributed by atoms with Crippen LogP contribution in [0.3, 0.4) is 0 Å². The van der Waals surface area contributed by atoms with Gasteiger partial charge >= 0.3 is 0 Å². The molecular weight excluding hydrogens is 324 g/mol. The summed E-state index contributed by atoms with van der Waals surface area (Å²) in [5, 5.41) is 3.88. The summed E-state index contributed by atoms with van der Waals surface area (Å²) >= 11 is 6.02. The maximum atomic E-state index is 6.02.